The van der Waals surface area contributed by atoms with Gasteiger partial charge in [0.2, 0.25) is 5.91 Å². The molecule has 1 heterocycles. The fraction of sp³-hybridized carbons (Fsp3) is 0.471. The summed E-state index contributed by atoms with van der Waals surface area (Å²) >= 11 is 0. The van der Waals surface area contributed by atoms with Crippen LogP contribution in [0.25, 0.3) is 0 Å². The van der Waals surface area contributed by atoms with Crippen LogP contribution in [-0.4, -0.2) is 32.1 Å². The minimum Gasteiger partial charge on any atom is -0.372 e. The fourth-order valence-electron chi connectivity index (χ4n) is 2.58. The number of hydrogen-bond donors (Lipinski definition) is 2. The maximum absolute atomic E-state index is 11.7. The molecule has 0 atom stereocenters. The van der Waals surface area contributed by atoms with Crippen LogP contribution in [0.15, 0.2) is 36.9 Å². The van der Waals surface area contributed by atoms with Crippen LogP contribution in [0.1, 0.15) is 25.7 Å². The van der Waals surface area contributed by atoms with Crippen LogP contribution in [0.3, 0.4) is 0 Å². The summed E-state index contributed by atoms with van der Waals surface area (Å²) in [4.78, 5) is 14.1. The molecule has 4 heteroatoms. The van der Waals surface area contributed by atoms with E-state index in [2.05, 4.69) is 34.2 Å². The molecule has 1 aliphatic heterocycles. The highest BCUT2D eigenvalue weighted by molar-refractivity contribution is 5.92. The Labute approximate surface area is 127 Å². The van der Waals surface area contributed by atoms with Crippen LogP contribution in [0.4, 0.5) is 11.4 Å². The largest absolute Gasteiger partial charge is 0.372 e. The molecule has 1 aromatic rings. The number of rotatable bonds is 6. The topological polar surface area (TPSA) is 44.4 Å². The van der Waals surface area contributed by atoms with Gasteiger partial charge in [-0.3, -0.25) is 4.79 Å². The first-order valence-electron chi connectivity index (χ1n) is 7.76. The number of benzene rings is 1. The number of hydrogen-bond acceptors (Lipinski definition) is 3. The van der Waals surface area contributed by atoms with Crippen LogP contribution in [0.5, 0.6) is 0 Å². The molecule has 4 nitrogen and oxygen atoms in total. The third kappa shape index (κ3) is 5.23. The first kappa shape index (κ1) is 15.6. The zero-order valence-electron chi connectivity index (χ0n) is 12.6. The molecule has 1 amide bonds. The Kier molecular flexibility index (Phi) is 6.28. The van der Waals surface area contributed by atoms with Crippen LogP contribution in [-0.2, 0) is 4.79 Å². The highest BCUT2D eigenvalue weighted by Gasteiger charge is 2.09. The highest BCUT2D eigenvalue weighted by Crippen LogP contribution is 2.21. The van der Waals surface area contributed by atoms with Gasteiger partial charge in [0.25, 0.3) is 0 Å². The van der Waals surface area contributed by atoms with E-state index in [4.69, 9.17) is 0 Å². The summed E-state index contributed by atoms with van der Waals surface area (Å²) in [5.74, 6) is -0.0284. The van der Waals surface area contributed by atoms with Gasteiger partial charge in [-0.1, -0.05) is 18.9 Å². The Morgan fingerprint density at radius 3 is 2.43 bits per heavy atom. The lowest BCUT2D eigenvalue weighted by Gasteiger charge is -2.22. The first-order chi connectivity index (χ1) is 10.3. The molecular formula is C17H25N3O. The molecule has 2 rings (SSSR count). The van der Waals surface area contributed by atoms with Gasteiger partial charge in [-0.15, -0.1) is 6.58 Å². The molecule has 1 fully saturated rings. The van der Waals surface area contributed by atoms with Crippen LogP contribution >= 0.6 is 0 Å². The van der Waals surface area contributed by atoms with Crippen molar-refractivity contribution in [3.63, 3.8) is 0 Å². The second kappa shape index (κ2) is 8.47. The molecule has 21 heavy (non-hydrogen) atoms. The molecule has 0 aliphatic carbocycles. The lowest BCUT2D eigenvalue weighted by molar-refractivity contribution is -0.115. The standard InChI is InChI=1S/C17H25N3O/c1-2-11-18-14-17(21)19-15-7-9-16(10-8-15)20-12-5-3-4-6-13-20/h2,7-10,18H,1,3-6,11-14H2,(H,19,21). The predicted molar refractivity (Wildman–Crippen MR) is 88.8 cm³/mol. The molecule has 0 radical (unpaired) electrons. The molecule has 0 aromatic heterocycles. The Morgan fingerprint density at radius 2 is 1.81 bits per heavy atom. The van der Waals surface area contributed by atoms with E-state index in [-0.39, 0.29) is 5.91 Å². The predicted octanol–water partition coefficient (Wildman–Crippen LogP) is 2.78. The van der Waals surface area contributed by atoms with Crippen molar-refractivity contribution in [2.24, 2.45) is 0 Å². The average molecular weight is 287 g/mol. The van der Waals surface area contributed by atoms with Crippen molar-refractivity contribution in [1.29, 1.82) is 0 Å². The van der Waals surface area contributed by atoms with Crippen molar-refractivity contribution >= 4 is 17.3 Å². The number of anilines is 2. The SMILES string of the molecule is C=CCNCC(=O)Nc1ccc(N2CCCCCC2)cc1. The Bertz CT molecular complexity index is 448. The fourth-order valence-corrected chi connectivity index (χ4v) is 2.58. The Balaban J connectivity index is 1.86. The maximum Gasteiger partial charge on any atom is 0.238 e. The smallest absolute Gasteiger partial charge is 0.238 e. The van der Waals surface area contributed by atoms with Crippen molar-refractivity contribution in [3.05, 3.63) is 36.9 Å². The van der Waals surface area contributed by atoms with Gasteiger partial charge in [0.05, 0.1) is 6.54 Å². The van der Waals surface area contributed by atoms with Gasteiger partial charge in [0.15, 0.2) is 0 Å². The molecule has 114 valence electrons. The molecule has 2 N–H and O–H groups in total. The maximum atomic E-state index is 11.7. The molecule has 0 spiro atoms. The minimum absolute atomic E-state index is 0.0284. The van der Waals surface area contributed by atoms with Gasteiger partial charge >= 0.3 is 0 Å². The first-order valence-corrected chi connectivity index (χ1v) is 7.76. The van der Waals surface area contributed by atoms with Crippen LogP contribution < -0.4 is 15.5 Å². The second-order valence-electron chi connectivity index (χ2n) is 5.42. The summed E-state index contributed by atoms with van der Waals surface area (Å²) in [6.45, 7) is 6.82. The zero-order chi connectivity index (χ0) is 14.9. The van der Waals surface area contributed by atoms with Crippen LogP contribution in [0.2, 0.25) is 0 Å². The number of carbonyl (C=O) groups is 1. The molecule has 1 aromatic carbocycles. The number of nitrogens with one attached hydrogen (secondary N) is 2. The van der Waals surface area contributed by atoms with Gasteiger partial charge in [-0.2, -0.15) is 0 Å². The van der Waals surface area contributed by atoms with Crippen molar-refractivity contribution in [3.8, 4) is 0 Å². The molecule has 0 unspecified atom stereocenters. The number of carbonyl (C=O) groups excluding carboxylic acids is 1. The van der Waals surface area contributed by atoms with Gasteiger partial charge in [-0.25, -0.2) is 0 Å². The highest BCUT2D eigenvalue weighted by atomic mass is 16.1. The summed E-state index contributed by atoms with van der Waals surface area (Å²) in [5.41, 5.74) is 2.10. The van der Waals surface area contributed by atoms with E-state index in [0.717, 1.165) is 18.8 Å². The Hall–Kier alpha value is -1.81. The van der Waals surface area contributed by atoms with E-state index in [0.29, 0.717) is 13.1 Å². The van der Waals surface area contributed by atoms with E-state index >= 15 is 0 Å². The normalized spacial score (nSPS) is 15.3. The monoisotopic (exact) mass is 287 g/mol. The molecule has 0 saturated carbocycles. The van der Waals surface area contributed by atoms with Gasteiger partial charge in [0, 0.05) is 31.0 Å². The number of nitrogens with zero attached hydrogens (tertiary/aromatic N) is 1. The summed E-state index contributed by atoms with van der Waals surface area (Å²) in [7, 11) is 0. The number of amides is 1. The lowest BCUT2D eigenvalue weighted by atomic mass is 10.2. The lowest BCUT2D eigenvalue weighted by Crippen LogP contribution is -2.28. The van der Waals surface area contributed by atoms with E-state index in [1.54, 1.807) is 6.08 Å². The molecule has 0 bridgehead atoms. The van der Waals surface area contributed by atoms with Crippen LogP contribution in [0, 0.1) is 0 Å². The van der Waals surface area contributed by atoms with Gasteiger partial charge in [-0.05, 0) is 37.1 Å². The summed E-state index contributed by atoms with van der Waals surface area (Å²) in [6, 6.07) is 8.15. The van der Waals surface area contributed by atoms with Gasteiger partial charge in [0.1, 0.15) is 0 Å². The molecular weight excluding hydrogens is 262 g/mol. The molecule has 1 aliphatic rings. The summed E-state index contributed by atoms with van der Waals surface area (Å²) < 4.78 is 0. The van der Waals surface area contributed by atoms with E-state index < -0.39 is 0 Å². The van der Waals surface area contributed by atoms with E-state index in [1.807, 2.05) is 12.1 Å². The Morgan fingerprint density at radius 1 is 1.14 bits per heavy atom. The molecule has 1 saturated heterocycles. The van der Waals surface area contributed by atoms with Crippen molar-refractivity contribution in [1.82, 2.24) is 5.32 Å². The van der Waals surface area contributed by atoms with Crippen molar-refractivity contribution in [2.45, 2.75) is 25.7 Å². The third-order valence-electron chi connectivity index (χ3n) is 3.70. The third-order valence-corrected chi connectivity index (χ3v) is 3.70. The van der Waals surface area contributed by atoms with E-state index in [9.17, 15) is 4.79 Å². The zero-order valence-corrected chi connectivity index (χ0v) is 12.6. The van der Waals surface area contributed by atoms with E-state index in [1.165, 1.54) is 31.4 Å². The van der Waals surface area contributed by atoms with Gasteiger partial charge < -0.3 is 15.5 Å². The second-order valence-corrected chi connectivity index (χ2v) is 5.42. The minimum atomic E-state index is -0.0284. The van der Waals surface area contributed by atoms with Crippen molar-refractivity contribution < 1.29 is 4.79 Å². The average Bonchev–Trinajstić information content (AvgIpc) is 2.77. The summed E-state index contributed by atoms with van der Waals surface area (Å²) in [6.07, 6.45) is 6.95. The van der Waals surface area contributed by atoms with Crippen molar-refractivity contribution in [2.75, 3.05) is 36.4 Å². The summed E-state index contributed by atoms with van der Waals surface area (Å²) in [5, 5.41) is 5.88. The quantitative estimate of drug-likeness (QED) is 0.624.